The Bertz CT molecular complexity index is 348. The van der Waals surface area contributed by atoms with Gasteiger partial charge in [0.2, 0.25) is 5.91 Å². The van der Waals surface area contributed by atoms with Crippen LogP contribution >= 0.6 is 0 Å². The molecule has 3 aliphatic heterocycles. The van der Waals surface area contributed by atoms with Crippen LogP contribution in [0.4, 0.5) is 0 Å². The highest BCUT2D eigenvalue weighted by atomic mass is 16.2. The van der Waals surface area contributed by atoms with Crippen molar-refractivity contribution in [3.8, 4) is 0 Å². The summed E-state index contributed by atoms with van der Waals surface area (Å²) in [4.78, 5) is 14.7. The van der Waals surface area contributed by atoms with Gasteiger partial charge in [-0.05, 0) is 50.4 Å². The number of nitrogens with two attached hydrogens (primary N) is 1. The predicted molar refractivity (Wildman–Crippen MR) is 80.2 cm³/mol. The Morgan fingerprint density at radius 2 is 1.90 bits per heavy atom. The SMILES string of the molecule is CC1CCN(C(=O)CC2CC3CCC(C2)N3)C(CN)C1. The van der Waals surface area contributed by atoms with Gasteiger partial charge in [0, 0.05) is 37.6 Å². The summed E-state index contributed by atoms with van der Waals surface area (Å²) in [7, 11) is 0. The van der Waals surface area contributed by atoms with E-state index in [0.717, 1.165) is 25.8 Å². The van der Waals surface area contributed by atoms with E-state index in [1.54, 1.807) is 0 Å². The van der Waals surface area contributed by atoms with Crippen LogP contribution in [-0.4, -0.2) is 42.0 Å². The number of carbonyl (C=O) groups excluding carboxylic acids is 1. The molecular weight excluding hydrogens is 250 g/mol. The molecule has 1 amide bonds. The topological polar surface area (TPSA) is 58.4 Å². The number of nitrogens with zero attached hydrogens (tertiary/aromatic N) is 1. The van der Waals surface area contributed by atoms with Crippen LogP contribution in [0.1, 0.15) is 51.9 Å². The van der Waals surface area contributed by atoms with E-state index in [1.165, 1.54) is 25.7 Å². The van der Waals surface area contributed by atoms with Crippen molar-refractivity contribution in [2.75, 3.05) is 13.1 Å². The maximum absolute atomic E-state index is 12.6. The molecule has 4 nitrogen and oxygen atoms in total. The summed E-state index contributed by atoms with van der Waals surface area (Å²) in [5, 5.41) is 3.65. The van der Waals surface area contributed by atoms with Gasteiger partial charge in [0.25, 0.3) is 0 Å². The molecule has 0 aromatic rings. The minimum Gasteiger partial charge on any atom is -0.338 e. The Morgan fingerprint density at radius 3 is 2.55 bits per heavy atom. The molecule has 0 aromatic carbocycles. The third-order valence-electron chi connectivity index (χ3n) is 5.60. The number of hydrogen-bond donors (Lipinski definition) is 2. The lowest BCUT2D eigenvalue weighted by atomic mass is 9.87. The molecule has 3 fully saturated rings. The average Bonchev–Trinajstić information content (AvgIpc) is 2.77. The van der Waals surface area contributed by atoms with E-state index in [4.69, 9.17) is 5.73 Å². The van der Waals surface area contributed by atoms with Gasteiger partial charge in [0.15, 0.2) is 0 Å². The first kappa shape index (κ1) is 14.3. The first-order chi connectivity index (χ1) is 9.65. The Morgan fingerprint density at radius 1 is 1.20 bits per heavy atom. The normalized spacial score (nSPS) is 40.9. The molecule has 2 bridgehead atoms. The zero-order valence-corrected chi connectivity index (χ0v) is 12.7. The van der Waals surface area contributed by atoms with Crippen LogP contribution in [0.25, 0.3) is 0 Å². The fourth-order valence-corrected chi connectivity index (χ4v) is 4.51. The van der Waals surface area contributed by atoms with E-state index >= 15 is 0 Å². The summed E-state index contributed by atoms with van der Waals surface area (Å²) in [5.41, 5.74) is 5.88. The zero-order valence-electron chi connectivity index (χ0n) is 12.7. The van der Waals surface area contributed by atoms with E-state index in [2.05, 4.69) is 17.1 Å². The van der Waals surface area contributed by atoms with Gasteiger partial charge in [-0.25, -0.2) is 0 Å². The summed E-state index contributed by atoms with van der Waals surface area (Å²) in [6.07, 6.45) is 7.97. The van der Waals surface area contributed by atoms with Gasteiger partial charge in [-0.1, -0.05) is 6.92 Å². The van der Waals surface area contributed by atoms with Gasteiger partial charge >= 0.3 is 0 Å². The highest BCUT2D eigenvalue weighted by Crippen LogP contribution is 2.33. The van der Waals surface area contributed by atoms with Crippen molar-refractivity contribution in [2.45, 2.75) is 70.0 Å². The van der Waals surface area contributed by atoms with Gasteiger partial charge < -0.3 is 16.0 Å². The smallest absolute Gasteiger partial charge is 0.223 e. The van der Waals surface area contributed by atoms with E-state index < -0.39 is 0 Å². The second kappa shape index (κ2) is 6.02. The molecule has 114 valence electrons. The molecule has 0 saturated carbocycles. The molecule has 4 unspecified atom stereocenters. The van der Waals surface area contributed by atoms with Gasteiger partial charge in [0.05, 0.1) is 0 Å². The Balaban J connectivity index is 1.55. The lowest BCUT2D eigenvalue weighted by Gasteiger charge is -2.39. The van der Waals surface area contributed by atoms with Crippen LogP contribution < -0.4 is 11.1 Å². The van der Waals surface area contributed by atoms with E-state index in [0.29, 0.717) is 36.4 Å². The molecular formula is C16H29N3O. The van der Waals surface area contributed by atoms with Crippen LogP contribution in [0.5, 0.6) is 0 Å². The van der Waals surface area contributed by atoms with Crippen molar-refractivity contribution in [1.82, 2.24) is 10.2 Å². The maximum atomic E-state index is 12.6. The zero-order chi connectivity index (χ0) is 14.1. The summed E-state index contributed by atoms with van der Waals surface area (Å²) in [5.74, 6) is 1.67. The molecule has 3 N–H and O–H groups in total. The minimum atomic E-state index is 0.282. The maximum Gasteiger partial charge on any atom is 0.223 e. The van der Waals surface area contributed by atoms with E-state index in [1.807, 2.05) is 0 Å². The second-order valence-corrected chi connectivity index (χ2v) is 7.29. The number of hydrogen-bond acceptors (Lipinski definition) is 3. The van der Waals surface area contributed by atoms with Crippen molar-refractivity contribution in [3.63, 3.8) is 0 Å². The van der Waals surface area contributed by atoms with Crippen molar-refractivity contribution in [2.24, 2.45) is 17.6 Å². The molecule has 3 saturated heterocycles. The number of nitrogens with one attached hydrogen (secondary N) is 1. The van der Waals surface area contributed by atoms with Gasteiger partial charge in [-0.3, -0.25) is 4.79 Å². The summed E-state index contributed by atoms with van der Waals surface area (Å²) in [6, 6.07) is 1.64. The van der Waals surface area contributed by atoms with Crippen LogP contribution in [-0.2, 0) is 4.79 Å². The molecule has 3 aliphatic rings. The number of carbonyl (C=O) groups is 1. The van der Waals surface area contributed by atoms with Crippen LogP contribution in [0.2, 0.25) is 0 Å². The number of fused-ring (bicyclic) bond motifs is 2. The number of piperidine rings is 2. The predicted octanol–water partition coefficient (Wildman–Crippen LogP) is 1.49. The monoisotopic (exact) mass is 279 g/mol. The fraction of sp³-hybridized carbons (Fsp3) is 0.938. The van der Waals surface area contributed by atoms with Crippen molar-refractivity contribution in [3.05, 3.63) is 0 Å². The molecule has 20 heavy (non-hydrogen) atoms. The van der Waals surface area contributed by atoms with Crippen molar-refractivity contribution >= 4 is 5.91 Å². The molecule has 4 heteroatoms. The highest BCUT2D eigenvalue weighted by molar-refractivity contribution is 5.77. The highest BCUT2D eigenvalue weighted by Gasteiger charge is 2.36. The Hall–Kier alpha value is -0.610. The first-order valence-corrected chi connectivity index (χ1v) is 8.41. The Kier molecular flexibility index (Phi) is 4.32. The first-order valence-electron chi connectivity index (χ1n) is 8.41. The lowest BCUT2D eigenvalue weighted by Crippen LogP contribution is -2.50. The standard InChI is InChI=1S/C16H29N3O/c1-11-4-5-19(15(6-11)10-17)16(20)9-12-7-13-2-3-14(8-12)18-13/h11-15,18H,2-10,17H2,1H3. The van der Waals surface area contributed by atoms with Gasteiger partial charge in [0.1, 0.15) is 0 Å². The molecule has 3 rings (SSSR count). The molecule has 0 radical (unpaired) electrons. The largest absolute Gasteiger partial charge is 0.338 e. The summed E-state index contributed by atoms with van der Waals surface area (Å²) in [6.45, 7) is 3.81. The van der Waals surface area contributed by atoms with Crippen LogP contribution in [0.3, 0.4) is 0 Å². The summed E-state index contributed by atoms with van der Waals surface area (Å²) < 4.78 is 0. The van der Waals surface area contributed by atoms with Gasteiger partial charge in [-0.15, -0.1) is 0 Å². The minimum absolute atomic E-state index is 0.282. The van der Waals surface area contributed by atoms with E-state index in [9.17, 15) is 4.79 Å². The third kappa shape index (κ3) is 3.01. The van der Waals surface area contributed by atoms with Crippen molar-refractivity contribution < 1.29 is 4.79 Å². The average molecular weight is 279 g/mol. The molecule has 0 aromatic heterocycles. The molecule has 0 spiro atoms. The van der Waals surface area contributed by atoms with Crippen LogP contribution in [0, 0.1) is 11.8 Å². The molecule has 4 atom stereocenters. The van der Waals surface area contributed by atoms with E-state index in [-0.39, 0.29) is 6.04 Å². The van der Waals surface area contributed by atoms with Crippen molar-refractivity contribution in [1.29, 1.82) is 0 Å². The fourth-order valence-electron chi connectivity index (χ4n) is 4.51. The quantitative estimate of drug-likeness (QED) is 0.823. The number of rotatable bonds is 3. The van der Waals surface area contributed by atoms with Crippen LogP contribution in [0.15, 0.2) is 0 Å². The summed E-state index contributed by atoms with van der Waals surface area (Å²) >= 11 is 0. The second-order valence-electron chi connectivity index (χ2n) is 7.29. The van der Waals surface area contributed by atoms with Gasteiger partial charge in [-0.2, -0.15) is 0 Å². The number of amides is 1. The lowest BCUT2D eigenvalue weighted by molar-refractivity contribution is -0.136. The number of likely N-dealkylation sites (tertiary alicyclic amines) is 1. The Labute approximate surface area is 122 Å². The molecule has 0 aliphatic carbocycles. The third-order valence-corrected chi connectivity index (χ3v) is 5.60. The molecule has 3 heterocycles.